The molecule has 1 N–H and O–H groups in total. The molecule has 0 aromatic heterocycles. The van der Waals surface area contributed by atoms with Crippen molar-refractivity contribution >= 4 is 0 Å². The monoisotopic (exact) mass is 236 g/mol. The fraction of sp³-hybridized carbons (Fsp3) is 0.462. The molecule has 1 rings (SSSR count). The van der Waals surface area contributed by atoms with Crippen LogP contribution in [-0.2, 0) is 0 Å². The van der Waals surface area contributed by atoms with Crippen LogP contribution in [0.3, 0.4) is 0 Å². The van der Waals surface area contributed by atoms with Crippen molar-refractivity contribution in [2.45, 2.75) is 32.9 Å². The van der Waals surface area contributed by atoms with E-state index in [0.29, 0.717) is 5.75 Å². The highest BCUT2D eigenvalue weighted by molar-refractivity contribution is 5.32. The lowest BCUT2D eigenvalue weighted by Crippen LogP contribution is -2.38. The highest BCUT2D eigenvalue weighted by Gasteiger charge is 2.10. The lowest BCUT2D eigenvalue weighted by atomic mass is 10.2. The van der Waals surface area contributed by atoms with Crippen molar-refractivity contribution in [3.63, 3.8) is 0 Å². The molecule has 0 spiro atoms. The van der Waals surface area contributed by atoms with Gasteiger partial charge in [-0.05, 0) is 44.5 Å². The quantitative estimate of drug-likeness (QED) is 0.853. The first-order chi connectivity index (χ1) is 8.02. The van der Waals surface area contributed by atoms with Crippen LogP contribution in [0.25, 0.3) is 0 Å². The third-order valence-corrected chi connectivity index (χ3v) is 2.23. The smallest absolute Gasteiger partial charge is 0.130 e. The van der Waals surface area contributed by atoms with E-state index in [2.05, 4.69) is 11.4 Å². The fourth-order valence-electron chi connectivity index (χ4n) is 1.47. The first-order valence-corrected chi connectivity index (χ1v) is 5.57. The predicted octanol–water partition coefficient (Wildman–Crippen LogP) is 2.40. The predicted molar refractivity (Wildman–Crippen MR) is 64.3 cm³/mol. The maximum Gasteiger partial charge on any atom is 0.130 e. The molecule has 1 aromatic carbocycles. The van der Waals surface area contributed by atoms with E-state index in [0.717, 1.165) is 5.56 Å². The average molecular weight is 236 g/mol. The molecule has 0 aliphatic rings. The minimum absolute atomic E-state index is 0.220. The summed E-state index contributed by atoms with van der Waals surface area (Å²) in [4.78, 5) is 0. The minimum Gasteiger partial charge on any atom is -0.491 e. The molecule has 17 heavy (non-hydrogen) atoms. The van der Waals surface area contributed by atoms with E-state index in [1.807, 2.05) is 13.8 Å². The highest BCUT2D eigenvalue weighted by Crippen LogP contribution is 2.18. The molecule has 0 amide bonds. The van der Waals surface area contributed by atoms with Gasteiger partial charge in [0, 0.05) is 6.04 Å². The van der Waals surface area contributed by atoms with Gasteiger partial charge >= 0.3 is 0 Å². The number of ether oxygens (including phenoxy) is 1. The van der Waals surface area contributed by atoms with Gasteiger partial charge < -0.3 is 4.74 Å². The van der Waals surface area contributed by atoms with Crippen LogP contribution >= 0.6 is 0 Å². The Balaban J connectivity index is 2.57. The molecule has 0 radical (unpaired) electrons. The molecular formula is C13H17FN2O. The number of aryl methyl sites for hydroxylation is 1. The lowest BCUT2D eigenvalue weighted by Gasteiger charge is -2.16. The Morgan fingerprint density at radius 2 is 2.18 bits per heavy atom. The van der Waals surface area contributed by atoms with Gasteiger partial charge in [0.15, 0.2) is 0 Å². The third-order valence-electron chi connectivity index (χ3n) is 2.23. The highest BCUT2D eigenvalue weighted by atomic mass is 19.1. The molecule has 0 saturated carbocycles. The maximum atomic E-state index is 12.9. The van der Waals surface area contributed by atoms with Gasteiger partial charge in [0.05, 0.1) is 6.07 Å². The average Bonchev–Trinajstić information content (AvgIpc) is 2.25. The Hall–Kier alpha value is -1.60. The summed E-state index contributed by atoms with van der Waals surface area (Å²) >= 11 is 0. The van der Waals surface area contributed by atoms with E-state index in [1.165, 1.54) is 12.1 Å². The summed E-state index contributed by atoms with van der Waals surface area (Å²) in [5, 5.41) is 12.0. The van der Waals surface area contributed by atoms with Gasteiger partial charge in [-0.1, -0.05) is 0 Å². The molecule has 0 heterocycles. The van der Waals surface area contributed by atoms with Crippen LogP contribution in [0.1, 0.15) is 19.4 Å². The van der Waals surface area contributed by atoms with E-state index in [-0.39, 0.29) is 24.5 Å². The second kappa shape index (κ2) is 6.21. The zero-order valence-electron chi connectivity index (χ0n) is 10.3. The van der Waals surface area contributed by atoms with Gasteiger partial charge in [0.25, 0.3) is 0 Å². The van der Waals surface area contributed by atoms with Gasteiger partial charge in [-0.3, -0.25) is 5.32 Å². The number of rotatable bonds is 5. The number of nitrogens with one attached hydrogen (secondary N) is 1. The second-order valence-corrected chi connectivity index (χ2v) is 4.22. The van der Waals surface area contributed by atoms with Crippen molar-refractivity contribution in [3.8, 4) is 11.8 Å². The van der Waals surface area contributed by atoms with Crippen molar-refractivity contribution in [1.29, 1.82) is 5.26 Å². The Morgan fingerprint density at radius 1 is 1.47 bits per heavy atom. The van der Waals surface area contributed by atoms with Crippen LogP contribution in [0.4, 0.5) is 4.39 Å². The number of nitrogens with zero attached hydrogens (tertiary/aromatic N) is 1. The van der Waals surface area contributed by atoms with Gasteiger partial charge in [-0.15, -0.1) is 0 Å². The largest absolute Gasteiger partial charge is 0.491 e. The molecule has 0 fully saturated rings. The van der Waals surface area contributed by atoms with E-state index in [1.54, 1.807) is 13.0 Å². The van der Waals surface area contributed by atoms with Crippen LogP contribution in [-0.4, -0.2) is 18.7 Å². The summed E-state index contributed by atoms with van der Waals surface area (Å²) in [6.45, 7) is 5.96. The Bertz CT molecular complexity index is 412. The fourth-order valence-corrected chi connectivity index (χ4v) is 1.47. The number of nitriles is 1. The van der Waals surface area contributed by atoms with E-state index in [9.17, 15) is 4.39 Å². The van der Waals surface area contributed by atoms with Crippen molar-refractivity contribution in [1.82, 2.24) is 5.32 Å². The molecule has 4 heteroatoms. The van der Waals surface area contributed by atoms with Crippen molar-refractivity contribution < 1.29 is 9.13 Å². The third kappa shape index (κ3) is 4.41. The molecule has 92 valence electrons. The zero-order chi connectivity index (χ0) is 12.8. The van der Waals surface area contributed by atoms with Crippen molar-refractivity contribution in [3.05, 3.63) is 29.6 Å². The van der Waals surface area contributed by atoms with Crippen LogP contribution in [0.15, 0.2) is 18.2 Å². The van der Waals surface area contributed by atoms with Crippen LogP contribution in [0.5, 0.6) is 5.75 Å². The number of hydrogen-bond acceptors (Lipinski definition) is 3. The first kappa shape index (κ1) is 13.5. The molecule has 3 nitrogen and oxygen atoms in total. The Labute approximate surface area is 101 Å². The number of hydrogen-bond donors (Lipinski definition) is 1. The Morgan fingerprint density at radius 3 is 2.71 bits per heavy atom. The Kier molecular flexibility index (Phi) is 4.92. The molecule has 0 saturated heterocycles. The van der Waals surface area contributed by atoms with Gasteiger partial charge in [0.1, 0.15) is 24.2 Å². The molecule has 0 bridgehead atoms. The van der Waals surface area contributed by atoms with Gasteiger partial charge in [0.2, 0.25) is 0 Å². The molecule has 1 unspecified atom stereocenters. The summed E-state index contributed by atoms with van der Waals surface area (Å²) in [7, 11) is 0. The second-order valence-electron chi connectivity index (χ2n) is 4.22. The van der Waals surface area contributed by atoms with Crippen molar-refractivity contribution in [2.75, 3.05) is 6.61 Å². The summed E-state index contributed by atoms with van der Waals surface area (Å²) < 4.78 is 18.4. The molecule has 1 atom stereocenters. The SMILES string of the molecule is Cc1cc(F)ccc1OCC(C#N)NC(C)C. The van der Waals surface area contributed by atoms with E-state index >= 15 is 0 Å². The van der Waals surface area contributed by atoms with Crippen molar-refractivity contribution in [2.24, 2.45) is 0 Å². The van der Waals surface area contributed by atoms with Gasteiger partial charge in [-0.25, -0.2) is 4.39 Å². The zero-order valence-corrected chi connectivity index (χ0v) is 10.3. The molecule has 0 aliphatic carbocycles. The first-order valence-electron chi connectivity index (χ1n) is 5.57. The van der Waals surface area contributed by atoms with E-state index in [4.69, 9.17) is 10.00 Å². The molecular weight excluding hydrogens is 219 g/mol. The van der Waals surface area contributed by atoms with Crippen LogP contribution in [0, 0.1) is 24.1 Å². The van der Waals surface area contributed by atoms with Crippen LogP contribution < -0.4 is 10.1 Å². The molecule has 1 aromatic rings. The number of benzene rings is 1. The maximum absolute atomic E-state index is 12.9. The summed E-state index contributed by atoms with van der Waals surface area (Å²) in [5.41, 5.74) is 0.728. The summed E-state index contributed by atoms with van der Waals surface area (Å²) in [6.07, 6.45) is 0. The molecule has 0 aliphatic heterocycles. The lowest BCUT2D eigenvalue weighted by molar-refractivity contribution is 0.280. The van der Waals surface area contributed by atoms with Crippen LogP contribution in [0.2, 0.25) is 0 Å². The topological polar surface area (TPSA) is 45.0 Å². The summed E-state index contributed by atoms with van der Waals surface area (Å²) in [5.74, 6) is 0.323. The van der Waals surface area contributed by atoms with E-state index < -0.39 is 0 Å². The summed E-state index contributed by atoms with van der Waals surface area (Å²) in [6, 6.07) is 6.32. The van der Waals surface area contributed by atoms with Gasteiger partial charge in [-0.2, -0.15) is 5.26 Å². The minimum atomic E-state index is -0.362. The number of halogens is 1. The normalized spacial score (nSPS) is 12.2. The standard InChI is InChI=1S/C13H17FN2O/c1-9(2)16-12(7-15)8-17-13-5-4-11(14)6-10(13)3/h4-6,9,12,16H,8H2,1-3H3.